The van der Waals surface area contributed by atoms with E-state index in [1.165, 1.54) is 16.4 Å². The molecule has 5 aromatic rings. The van der Waals surface area contributed by atoms with Gasteiger partial charge in [0.2, 0.25) is 10.0 Å². The molecular formula is C29H30N4O4S. The number of aryl methyl sites for hydroxylation is 1. The van der Waals surface area contributed by atoms with Crippen LogP contribution in [0.1, 0.15) is 37.0 Å². The lowest BCUT2D eigenvalue weighted by Crippen LogP contribution is -2.38. The summed E-state index contributed by atoms with van der Waals surface area (Å²) in [6.45, 7) is 5.75. The number of imidazole rings is 1. The van der Waals surface area contributed by atoms with Gasteiger partial charge >= 0.3 is 0 Å². The monoisotopic (exact) mass is 530 g/mol. The molecular weight excluding hydrogens is 500 g/mol. The molecule has 8 nitrogen and oxygen atoms in total. The van der Waals surface area contributed by atoms with Crippen LogP contribution in [0.5, 0.6) is 0 Å². The van der Waals surface area contributed by atoms with Crippen molar-refractivity contribution in [3.8, 4) is 11.4 Å². The van der Waals surface area contributed by atoms with Gasteiger partial charge in [-0.05, 0) is 69.2 Å². The molecule has 6 rings (SSSR count). The molecule has 1 amide bonds. The first-order valence-electron chi connectivity index (χ1n) is 12.8. The minimum atomic E-state index is -3.73. The van der Waals surface area contributed by atoms with Crippen LogP contribution < -0.4 is 4.72 Å². The van der Waals surface area contributed by atoms with Crippen molar-refractivity contribution in [2.45, 2.75) is 44.5 Å². The predicted octanol–water partition coefficient (Wildman–Crippen LogP) is 5.09. The van der Waals surface area contributed by atoms with E-state index in [4.69, 9.17) is 9.72 Å². The van der Waals surface area contributed by atoms with Gasteiger partial charge in [0.15, 0.2) is 0 Å². The lowest BCUT2D eigenvalue weighted by Gasteiger charge is -2.12. The van der Waals surface area contributed by atoms with Gasteiger partial charge in [-0.25, -0.2) is 18.1 Å². The molecule has 1 fully saturated rings. The highest BCUT2D eigenvalue weighted by molar-refractivity contribution is 7.91. The Morgan fingerprint density at radius 2 is 1.74 bits per heavy atom. The van der Waals surface area contributed by atoms with Crippen molar-refractivity contribution < 1.29 is 17.9 Å². The molecule has 1 N–H and O–H groups in total. The molecule has 1 aliphatic carbocycles. The van der Waals surface area contributed by atoms with Crippen molar-refractivity contribution in [2.75, 3.05) is 13.7 Å². The highest BCUT2D eigenvalue weighted by atomic mass is 32.2. The second-order valence-corrected chi connectivity index (χ2v) is 12.4. The number of nitrogens with one attached hydrogen (secondary N) is 1. The molecule has 0 radical (unpaired) electrons. The van der Waals surface area contributed by atoms with Crippen LogP contribution in [0.4, 0.5) is 0 Å². The van der Waals surface area contributed by atoms with E-state index in [1.807, 2.05) is 6.07 Å². The number of carbonyl (C=O) groups excluding carboxylic acids is 1. The summed E-state index contributed by atoms with van der Waals surface area (Å²) >= 11 is 0. The van der Waals surface area contributed by atoms with E-state index in [2.05, 4.69) is 63.2 Å². The maximum absolute atomic E-state index is 12.9. The summed E-state index contributed by atoms with van der Waals surface area (Å²) in [5.74, 6) is 0.129. The third-order valence-corrected chi connectivity index (χ3v) is 9.87. The summed E-state index contributed by atoms with van der Waals surface area (Å²) in [7, 11) is -2.07. The average molecular weight is 531 g/mol. The standard InChI is InChI=1S/C29H30N4O4S/c1-4-32-24-8-6-5-7-21(24)22-17-19(9-11-25(22)32)27-30-23-18-20(10-12-26(23)33(27)15-16-37-3)28(34)31-38(35,36)29(2)13-14-29/h5-12,17-18H,4,13-16H2,1-3H3,(H,31,34). The van der Waals surface area contributed by atoms with Crippen LogP contribution in [0.25, 0.3) is 44.2 Å². The molecule has 1 aliphatic rings. The number of para-hydroxylation sites is 1. The number of sulfonamides is 1. The molecule has 1 saturated carbocycles. The lowest BCUT2D eigenvalue weighted by atomic mass is 10.1. The molecule has 0 unspecified atom stereocenters. The minimum absolute atomic E-state index is 0.259. The van der Waals surface area contributed by atoms with Crippen LogP contribution >= 0.6 is 0 Å². The SMILES string of the molecule is CCn1c2ccccc2c2cc(-c3nc4cc(C(=O)NS(=O)(=O)C5(C)CC5)ccc4n3CCOC)ccc21. The summed E-state index contributed by atoms with van der Waals surface area (Å²) < 4.78 is 36.3. The normalized spacial score (nSPS) is 14.9. The fourth-order valence-corrected chi connectivity index (χ4v) is 6.43. The summed E-state index contributed by atoms with van der Waals surface area (Å²) in [6.07, 6.45) is 1.12. The number of hydrogen-bond acceptors (Lipinski definition) is 5. The first kappa shape index (κ1) is 24.6. The van der Waals surface area contributed by atoms with Gasteiger partial charge in [-0.15, -0.1) is 0 Å². The Labute approximate surface area is 221 Å². The Hall–Kier alpha value is -3.69. The maximum atomic E-state index is 12.9. The first-order valence-corrected chi connectivity index (χ1v) is 14.3. The summed E-state index contributed by atoms with van der Waals surface area (Å²) in [6, 6.07) is 19.9. The number of fused-ring (bicyclic) bond motifs is 4. The fourth-order valence-electron chi connectivity index (χ4n) is 5.18. The second-order valence-electron chi connectivity index (χ2n) is 10.2. The fraction of sp³-hybridized carbons (Fsp3) is 0.310. The van der Waals surface area contributed by atoms with Gasteiger partial charge in [0.1, 0.15) is 5.82 Å². The van der Waals surface area contributed by atoms with Gasteiger partial charge < -0.3 is 13.9 Å². The average Bonchev–Trinajstić information content (AvgIpc) is 3.47. The molecule has 38 heavy (non-hydrogen) atoms. The zero-order valence-electron chi connectivity index (χ0n) is 21.7. The number of ether oxygens (including phenoxy) is 1. The zero-order chi connectivity index (χ0) is 26.7. The van der Waals surface area contributed by atoms with E-state index < -0.39 is 20.7 Å². The molecule has 2 aromatic heterocycles. The smallest absolute Gasteiger partial charge is 0.264 e. The summed E-state index contributed by atoms with van der Waals surface area (Å²) in [5.41, 5.74) is 5.05. The van der Waals surface area contributed by atoms with Crippen LogP contribution in [-0.2, 0) is 27.8 Å². The Morgan fingerprint density at radius 1 is 1.00 bits per heavy atom. The van der Waals surface area contributed by atoms with Crippen molar-refractivity contribution in [1.29, 1.82) is 0 Å². The Kier molecular flexibility index (Phi) is 5.81. The van der Waals surface area contributed by atoms with Gasteiger partial charge in [-0.2, -0.15) is 0 Å². The van der Waals surface area contributed by atoms with Gasteiger partial charge in [-0.1, -0.05) is 18.2 Å². The molecule has 0 aliphatic heterocycles. The third-order valence-electron chi connectivity index (χ3n) is 7.71. The number of aromatic nitrogens is 3. The molecule has 0 bridgehead atoms. The Balaban J connectivity index is 1.45. The Bertz CT molecular complexity index is 1830. The number of rotatable bonds is 8. The van der Waals surface area contributed by atoms with E-state index >= 15 is 0 Å². The summed E-state index contributed by atoms with van der Waals surface area (Å²) in [5, 5.41) is 2.35. The second kappa shape index (κ2) is 8.96. The third kappa shape index (κ3) is 3.88. The van der Waals surface area contributed by atoms with Crippen molar-refractivity contribution in [2.24, 2.45) is 0 Å². The topological polar surface area (TPSA) is 95.2 Å². The molecule has 3 aromatic carbocycles. The number of carbonyl (C=O) groups is 1. The van der Waals surface area contributed by atoms with E-state index in [1.54, 1.807) is 26.2 Å². The molecule has 0 saturated heterocycles. The van der Waals surface area contributed by atoms with Gasteiger partial charge in [0, 0.05) is 53.1 Å². The van der Waals surface area contributed by atoms with Crippen molar-refractivity contribution in [3.63, 3.8) is 0 Å². The van der Waals surface area contributed by atoms with E-state index in [0.29, 0.717) is 31.5 Å². The predicted molar refractivity (Wildman–Crippen MR) is 150 cm³/mol. The number of methoxy groups -OCH3 is 1. The maximum Gasteiger partial charge on any atom is 0.264 e. The van der Waals surface area contributed by atoms with E-state index in [-0.39, 0.29) is 5.56 Å². The summed E-state index contributed by atoms with van der Waals surface area (Å²) in [4.78, 5) is 17.8. The van der Waals surface area contributed by atoms with Gasteiger partial charge in [0.25, 0.3) is 5.91 Å². The van der Waals surface area contributed by atoms with Crippen molar-refractivity contribution in [1.82, 2.24) is 18.8 Å². The zero-order valence-corrected chi connectivity index (χ0v) is 22.5. The van der Waals surface area contributed by atoms with Crippen LogP contribution in [0, 0.1) is 0 Å². The van der Waals surface area contributed by atoms with Crippen LogP contribution in [0.15, 0.2) is 60.7 Å². The number of nitrogens with zero attached hydrogens (tertiary/aromatic N) is 3. The van der Waals surface area contributed by atoms with Crippen LogP contribution in [0.2, 0.25) is 0 Å². The number of benzene rings is 3. The van der Waals surface area contributed by atoms with Gasteiger partial charge in [-0.3, -0.25) is 4.79 Å². The number of hydrogen-bond donors (Lipinski definition) is 1. The molecule has 2 heterocycles. The molecule has 196 valence electrons. The van der Waals surface area contributed by atoms with Crippen LogP contribution in [-0.4, -0.2) is 46.9 Å². The largest absolute Gasteiger partial charge is 0.383 e. The molecule has 0 atom stereocenters. The highest BCUT2D eigenvalue weighted by Crippen LogP contribution is 2.42. The van der Waals surface area contributed by atoms with E-state index in [0.717, 1.165) is 28.8 Å². The quantitative estimate of drug-likeness (QED) is 0.302. The van der Waals surface area contributed by atoms with Gasteiger partial charge in [0.05, 0.1) is 22.4 Å². The van der Waals surface area contributed by atoms with E-state index in [9.17, 15) is 13.2 Å². The Morgan fingerprint density at radius 3 is 2.47 bits per heavy atom. The number of amides is 1. The van der Waals surface area contributed by atoms with Crippen molar-refractivity contribution in [3.05, 3.63) is 66.2 Å². The first-order chi connectivity index (χ1) is 18.3. The van der Waals surface area contributed by atoms with Crippen molar-refractivity contribution >= 4 is 48.8 Å². The molecule has 0 spiro atoms. The lowest BCUT2D eigenvalue weighted by molar-refractivity contribution is 0.0981. The highest BCUT2D eigenvalue weighted by Gasteiger charge is 2.50. The molecule has 9 heteroatoms. The van der Waals surface area contributed by atoms with Crippen LogP contribution in [0.3, 0.4) is 0 Å². The minimum Gasteiger partial charge on any atom is -0.383 e.